The van der Waals surface area contributed by atoms with Gasteiger partial charge in [0.2, 0.25) is 0 Å². The number of piperidine rings is 1. The van der Waals surface area contributed by atoms with Crippen molar-refractivity contribution in [1.29, 1.82) is 0 Å². The zero-order chi connectivity index (χ0) is 14.7. The highest BCUT2D eigenvalue weighted by Crippen LogP contribution is 2.18. The van der Waals surface area contributed by atoms with Gasteiger partial charge in [-0.25, -0.2) is 0 Å². The van der Waals surface area contributed by atoms with Crippen molar-refractivity contribution in [3.8, 4) is 0 Å². The summed E-state index contributed by atoms with van der Waals surface area (Å²) in [6.07, 6.45) is 1.01. The van der Waals surface area contributed by atoms with Crippen molar-refractivity contribution in [2.75, 3.05) is 13.1 Å². The molecule has 1 aromatic rings. The maximum absolute atomic E-state index is 12.2. The molecule has 0 bridgehead atoms. The summed E-state index contributed by atoms with van der Waals surface area (Å²) in [7, 11) is 0. The van der Waals surface area contributed by atoms with Crippen LogP contribution in [-0.4, -0.2) is 30.0 Å². The molecule has 6 heteroatoms. The minimum absolute atomic E-state index is 0.0510. The Balaban J connectivity index is 2.14. The van der Waals surface area contributed by atoms with Crippen molar-refractivity contribution in [1.82, 2.24) is 10.6 Å². The lowest BCUT2D eigenvalue weighted by molar-refractivity contribution is -0.384. The number of benzene rings is 1. The average Bonchev–Trinajstić information content (AvgIpc) is 2.40. The summed E-state index contributed by atoms with van der Waals surface area (Å²) in [6, 6.07) is 4.52. The van der Waals surface area contributed by atoms with Crippen molar-refractivity contribution < 1.29 is 9.72 Å². The van der Waals surface area contributed by atoms with Crippen LogP contribution in [0.25, 0.3) is 0 Å². The molecule has 0 spiro atoms. The van der Waals surface area contributed by atoms with Gasteiger partial charge >= 0.3 is 0 Å². The number of amides is 1. The Kier molecular flexibility index (Phi) is 4.34. The lowest BCUT2D eigenvalue weighted by atomic mass is 9.94. The number of nitrogens with zero attached hydrogens (tertiary/aromatic N) is 1. The van der Waals surface area contributed by atoms with E-state index in [1.54, 1.807) is 13.0 Å². The van der Waals surface area contributed by atoms with E-state index in [-0.39, 0.29) is 17.6 Å². The smallest absolute Gasteiger partial charge is 0.270 e. The van der Waals surface area contributed by atoms with Gasteiger partial charge in [-0.1, -0.05) is 6.92 Å². The van der Waals surface area contributed by atoms with Crippen molar-refractivity contribution >= 4 is 11.6 Å². The zero-order valence-electron chi connectivity index (χ0n) is 11.7. The molecule has 0 saturated carbocycles. The van der Waals surface area contributed by atoms with Gasteiger partial charge in [0, 0.05) is 30.3 Å². The first kappa shape index (κ1) is 14.5. The van der Waals surface area contributed by atoms with E-state index < -0.39 is 4.92 Å². The van der Waals surface area contributed by atoms with Crippen LogP contribution in [-0.2, 0) is 0 Å². The molecule has 2 N–H and O–H groups in total. The van der Waals surface area contributed by atoms with E-state index in [9.17, 15) is 14.9 Å². The minimum atomic E-state index is -0.478. The van der Waals surface area contributed by atoms with Crippen LogP contribution in [0, 0.1) is 23.0 Å². The van der Waals surface area contributed by atoms with Gasteiger partial charge in [0.1, 0.15) is 0 Å². The summed E-state index contributed by atoms with van der Waals surface area (Å²) < 4.78 is 0. The number of hydrogen-bond acceptors (Lipinski definition) is 4. The highest BCUT2D eigenvalue weighted by molar-refractivity contribution is 5.95. The lowest BCUT2D eigenvalue weighted by Gasteiger charge is -2.30. The fourth-order valence-corrected chi connectivity index (χ4v) is 2.43. The average molecular weight is 277 g/mol. The summed E-state index contributed by atoms with van der Waals surface area (Å²) in [5.74, 6) is 0.150. The van der Waals surface area contributed by atoms with Gasteiger partial charge in [0.25, 0.3) is 11.6 Å². The number of carbonyl (C=O) groups is 1. The Morgan fingerprint density at radius 1 is 1.45 bits per heavy atom. The fraction of sp³-hybridized carbons (Fsp3) is 0.500. The summed E-state index contributed by atoms with van der Waals surface area (Å²) in [5, 5.41) is 17.0. The Morgan fingerprint density at radius 2 is 2.20 bits per heavy atom. The summed E-state index contributed by atoms with van der Waals surface area (Å²) >= 11 is 0. The molecule has 1 aromatic carbocycles. The van der Waals surface area contributed by atoms with Crippen LogP contribution in [0.5, 0.6) is 0 Å². The van der Waals surface area contributed by atoms with E-state index in [4.69, 9.17) is 0 Å². The molecule has 20 heavy (non-hydrogen) atoms. The standard InChI is InChI=1S/C14H19N3O3/c1-9-5-11(7-12(6-9)17(19)20)14(18)16-13-8-15-4-3-10(13)2/h5-7,10,13,15H,3-4,8H2,1-2H3,(H,16,18). The number of rotatable bonds is 3. The number of nitro groups is 1. The maximum Gasteiger partial charge on any atom is 0.270 e. The molecule has 2 rings (SSSR count). The number of hydrogen-bond donors (Lipinski definition) is 2. The van der Waals surface area contributed by atoms with Crippen molar-refractivity contribution in [2.45, 2.75) is 26.3 Å². The van der Waals surface area contributed by atoms with E-state index in [1.807, 2.05) is 0 Å². The largest absolute Gasteiger partial charge is 0.348 e. The Labute approximate surface area is 117 Å². The molecule has 1 aliphatic heterocycles. The topological polar surface area (TPSA) is 84.3 Å². The number of carbonyl (C=O) groups excluding carboxylic acids is 1. The molecule has 1 amide bonds. The van der Waals surface area contributed by atoms with Gasteiger partial charge in [0.15, 0.2) is 0 Å². The van der Waals surface area contributed by atoms with Crippen molar-refractivity contribution in [3.63, 3.8) is 0 Å². The van der Waals surface area contributed by atoms with Gasteiger partial charge < -0.3 is 10.6 Å². The van der Waals surface area contributed by atoms with Crippen LogP contribution in [0.1, 0.15) is 29.3 Å². The molecule has 1 heterocycles. The summed E-state index contributed by atoms with van der Waals surface area (Å²) in [6.45, 7) is 5.54. The highest BCUT2D eigenvalue weighted by atomic mass is 16.6. The third kappa shape index (κ3) is 3.33. The van der Waals surface area contributed by atoms with Crippen LogP contribution >= 0.6 is 0 Å². The number of nitrogens with one attached hydrogen (secondary N) is 2. The quantitative estimate of drug-likeness (QED) is 0.649. The molecule has 1 aliphatic rings. The normalized spacial score (nSPS) is 22.3. The molecule has 0 aliphatic carbocycles. The van der Waals surface area contributed by atoms with E-state index in [0.29, 0.717) is 17.0 Å². The van der Waals surface area contributed by atoms with Gasteiger partial charge in [-0.05, 0) is 37.4 Å². The number of nitro benzene ring substituents is 1. The van der Waals surface area contributed by atoms with Gasteiger partial charge in [0.05, 0.1) is 4.92 Å². The van der Waals surface area contributed by atoms with E-state index >= 15 is 0 Å². The van der Waals surface area contributed by atoms with Crippen molar-refractivity contribution in [3.05, 3.63) is 39.4 Å². The molecular formula is C14H19N3O3. The second kappa shape index (κ2) is 6.00. The second-order valence-corrected chi connectivity index (χ2v) is 5.36. The molecule has 1 saturated heterocycles. The molecule has 2 atom stereocenters. The lowest BCUT2D eigenvalue weighted by Crippen LogP contribution is -2.50. The van der Waals surface area contributed by atoms with Gasteiger partial charge in [-0.15, -0.1) is 0 Å². The van der Waals surface area contributed by atoms with E-state index in [1.165, 1.54) is 12.1 Å². The van der Waals surface area contributed by atoms with E-state index in [0.717, 1.165) is 19.5 Å². The molecule has 108 valence electrons. The predicted molar refractivity (Wildman–Crippen MR) is 75.7 cm³/mol. The maximum atomic E-state index is 12.2. The second-order valence-electron chi connectivity index (χ2n) is 5.36. The summed E-state index contributed by atoms with van der Waals surface area (Å²) in [5.41, 5.74) is 0.999. The Bertz CT molecular complexity index is 530. The fourth-order valence-electron chi connectivity index (χ4n) is 2.43. The molecule has 0 radical (unpaired) electrons. The van der Waals surface area contributed by atoms with Crippen LogP contribution in [0.15, 0.2) is 18.2 Å². The third-order valence-electron chi connectivity index (χ3n) is 3.68. The van der Waals surface area contributed by atoms with Gasteiger partial charge in [-0.2, -0.15) is 0 Å². The monoisotopic (exact) mass is 277 g/mol. The van der Waals surface area contributed by atoms with Crippen LogP contribution in [0.3, 0.4) is 0 Å². The predicted octanol–water partition coefficient (Wildman–Crippen LogP) is 1.63. The number of aryl methyl sites for hydroxylation is 1. The van der Waals surface area contributed by atoms with E-state index in [2.05, 4.69) is 17.6 Å². The first-order valence-corrected chi connectivity index (χ1v) is 6.75. The first-order valence-electron chi connectivity index (χ1n) is 6.75. The molecule has 0 aromatic heterocycles. The molecular weight excluding hydrogens is 258 g/mol. The van der Waals surface area contributed by atoms with Crippen LogP contribution < -0.4 is 10.6 Å². The van der Waals surface area contributed by atoms with Gasteiger partial charge in [-0.3, -0.25) is 14.9 Å². The van der Waals surface area contributed by atoms with Crippen molar-refractivity contribution in [2.24, 2.45) is 5.92 Å². The Hall–Kier alpha value is -1.95. The number of non-ortho nitro benzene ring substituents is 1. The van der Waals surface area contributed by atoms with Crippen LogP contribution in [0.2, 0.25) is 0 Å². The third-order valence-corrected chi connectivity index (χ3v) is 3.68. The SMILES string of the molecule is Cc1cc(C(=O)NC2CNCCC2C)cc([N+](=O)[O-])c1. The summed E-state index contributed by atoms with van der Waals surface area (Å²) in [4.78, 5) is 22.6. The minimum Gasteiger partial charge on any atom is -0.348 e. The molecule has 2 unspecified atom stereocenters. The highest BCUT2D eigenvalue weighted by Gasteiger charge is 2.23. The zero-order valence-corrected chi connectivity index (χ0v) is 11.7. The Morgan fingerprint density at radius 3 is 2.85 bits per heavy atom. The van der Waals surface area contributed by atoms with Crippen LogP contribution in [0.4, 0.5) is 5.69 Å². The molecule has 1 fully saturated rings. The first-order chi connectivity index (χ1) is 9.47. The molecule has 6 nitrogen and oxygen atoms in total.